The highest BCUT2D eigenvalue weighted by Crippen LogP contribution is 2.36. The van der Waals surface area contributed by atoms with E-state index >= 15 is 0 Å². The Balaban J connectivity index is 2.42. The minimum Gasteiger partial charge on any atom is -0.396 e. The zero-order valence-electron chi connectivity index (χ0n) is 10.6. The SMILES string of the molecule is OCCCc1c2ccccc2c(Cl)c2ccccc12. The number of halogens is 1. The Morgan fingerprint density at radius 1 is 0.789 bits per heavy atom. The van der Waals surface area contributed by atoms with Crippen LogP contribution < -0.4 is 0 Å². The van der Waals surface area contributed by atoms with Crippen LogP contribution in [0, 0.1) is 0 Å². The van der Waals surface area contributed by atoms with Crippen molar-refractivity contribution in [1.29, 1.82) is 0 Å². The molecule has 0 radical (unpaired) electrons. The Morgan fingerprint density at radius 2 is 1.26 bits per heavy atom. The van der Waals surface area contributed by atoms with Gasteiger partial charge in [0, 0.05) is 17.4 Å². The zero-order valence-corrected chi connectivity index (χ0v) is 11.3. The summed E-state index contributed by atoms with van der Waals surface area (Å²) in [5, 5.41) is 14.5. The summed E-state index contributed by atoms with van der Waals surface area (Å²) in [6, 6.07) is 16.4. The Kier molecular flexibility index (Phi) is 3.41. The number of aryl methyl sites for hydroxylation is 1. The monoisotopic (exact) mass is 270 g/mol. The molecule has 0 amide bonds. The van der Waals surface area contributed by atoms with E-state index in [1.807, 2.05) is 24.3 Å². The second kappa shape index (κ2) is 5.20. The average Bonchev–Trinajstić information content (AvgIpc) is 2.47. The first-order valence-corrected chi connectivity index (χ1v) is 6.89. The highest BCUT2D eigenvalue weighted by Gasteiger charge is 2.11. The van der Waals surface area contributed by atoms with Gasteiger partial charge in [0.15, 0.2) is 0 Å². The summed E-state index contributed by atoms with van der Waals surface area (Å²) in [5.74, 6) is 0. The van der Waals surface area contributed by atoms with E-state index < -0.39 is 0 Å². The van der Waals surface area contributed by atoms with Gasteiger partial charge >= 0.3 is 0 Å². The molecule has 0 aliphatic rings. The summed E-state index contributed by atoms with van der Waals surface area (Å²) in [7, 11) is 0. The largest absolute Gasteiger partial charge is 0.396 e. The van der Waals surface area contributed by atoms with Crippen molar-refractivity contribution in [3.8, 4) is 0 Å². The summed E-state index contributed by atoms with van der Waals surface area (Å²) in [4.78, 5) is 0. The van der Waals surface area contributed by atoms with Crippen molar-refractivity contribution in [2.75, 3.05) is 6.61 Å². The third-order valence-corrected chi connectivity index (χ3v) is 3.97. The van der Waals surface area contributed by atoms with Crippen LogP contribution in [0.25, 0.3) is 21.5 Å². The predicted octanol–water partition coefficient (Wildman–Crippen LogP) is 4.57. The molecule has 0 aliphatic carbocycles. The van der Waals surface area contributed by atoms with Crippen molar-refractivity contribution in [1.82, 2.24) is 0 Å². The van der Waals surface area contributed by atoms with Crippen molar-refractivity contribution in [3.05, 3.63) is 59.1 Å². The quantitative estimate of drug-likeness (QED) is 0.691. The molecule has 0 spiro atoms. The molecular formula is C17H15ClO. The highest BCUT2D eigenvalue weighted by molar-refractivity contribution is 6.41. The van der Waals surface area contributed by atoms with Crippen molar-refractivity contribution in [3.63, 3.8) is 0 Å². The van der Waals surface area contributed by atoms with E-state index in [2.05, 4.69) is 24.3 Å². The molecule has 0 saturated heterocycles. The summed E-state index contributed by atoms with van der Waals surface area (Å²) < 4.78 is 0. The van der Waals surface area contributed by atoms with Gasteiger partial charge in [-0.15, -0.1) is 0 Å². The Labute approximate surface area is 117 Å². The number of fused-ring (bicyclic) bond motifs is 2. The van der Waals surface area contributed by atoms with Crippen LogP contribution in [0.5, 0.6) is 0 Å². The van der Waals surface area contributed by atoms with Gasteiger partial charge in [-0.05, 0) is 29.2 Å². The van der Waals surface area contributed by atoms with Gasteiger partial charge in [-0.1, -0.05) is 60.1 Å². The van der Waals surface area contributed by atoms with Gasteiger partial charge in [0.1, 0.15) is 0 Å². The van der Waals surface area contributed by atoms with Gasteiger partial charge in [-0.3, -0.25) is 0 Å². The molecule has 3 aromatic rings. The zero-order chi connectivity index (χ0) is 13.2. The topological polar surface area (TPSA) is 20.2 Å². The molecular weight excluding hydrogens is 256 g/mol. The fourth-order valence-electron chi connectivity index (χ4n) is 2.69. The molecule has 3 aromatic carbocycles. The maximum absolute atomic E-state index is 9.10. The van der Waals surface area contributed by atoms with E-state index in [-0.39, 0.29) is 6.61 Å². The first-order valence-electron chi connectivity index (χ1n) is 6.51. The third kappa shape index (κ3) is 2.09. The Hall–Kier alpha value is -1.57. The fraction of sp³-hybridized carbons (Fsp3) is 0.176. The Morgan fingerprint density at radius 3 is 1.74 bits per heavy atom. The van der Waals surface area contributed by atoms with E-state index in [0.717, 1.165) is 28.6 Å². The minimum atomic E-state index is 0.214. The van der Waals surface area contributed by atoms with Gasteiger partial charge in [0.2, 0.25) is 0 Å². The van der Waals surface area contributed by atoms with Crippen LogP contribution in [0.1, 0.15) is 12.0 Å². The number of aliphatic hydroxyl groups excluding tert-OH is 1. The van der Waals surface area contributed by atoms with Crippen molar-refractivity contribution >= 4 is 33.1 Å². The van der Waals surface area contributed by atoms with Gasteiger partial charge in [0.05, 0.1) is 5.02 Å². The van der Waals surface area contributed by atoms with Crippen LogP contribution >= 0.6 is 11.6 Å². The summed E-state index contributed by atoms with van der Waals surface area (Å²) in [6.07, 6.45) is 1.64. The van der Waals surface area contributed by atoms with E-state index in [1.54, 1.807) is 0 Å². The van der Waals surface area contributed by atoms with E-state index in [9.17, 15) is 0 Å². The molecule has 3 rings (SSSR count). The number of aliphatic hydroxyl groups is 1. The predicted molar refractivity (Wildman–Crippen MR) is 81.9 cm³/mol. The molecule has 0 heterocycles. The normalized spacial score (nSPS) is 11.3. The van der Waals surface area contributed by atoms with Gasteiger partial charge in [0.25, 0.3) is 0 Å². The molecule has 0 fully saturated rings. The standard InChI is InChI=1S/C17H15ClO/c18-17-15-8-3-1-6-13(15)12(10-5-11-19)14-7-2-4-9-16(14)17/h1-4,6-9,19H,5,10-11H2. The second-order valence-electron chi connectivity index (χ2n) is 4.71. The van der Waals surface area contributed by atoms with E-state index in [0.29, 0.717) is 0 Å². The molecule has 0 saturated carbocycles. The van der Waals surface area contributed by atoms with Crippen LogP contribution in [-0.4, -0.2) is 11.7 Å². The van der Waals surface area contributed by atoms with Gasteiger partial charge < -0.3 is 5.11 Å². The lowest BCUT2D eigenvalue weighted by Gasteiger charge is -2.13. The fourth-order valence-corrected chi connectivity index (χ4v) is 3.02. The van der Waals surface area contributed by atoms with Crippen molar-refractivity contribution < 1.29 is 5.11 Å². The lowest BCUT2D eigenvalue weighted by atomic mass is 9.94. The number of hydrogen-bond donors (Lipinski definition) is 1. The smallest absolute Gasteiger partial charge is 0.0562 e. The third-order valence-electron chi connectivity index (χ3n) is 3.56. The van der Waals surface area contributed by atoms with E-state index in [4.69, 9.17) is 16.7 Å². The minimum absolute atomic E-state index is 0.214. The highest BCUT2D eigenvalue weighted by atomic mass is 35.5. The molecule has 0 atom stereocenters. The Bertz CT molecular complexity index is 677. The first-order chi connectivity index (χ1) is 9.33. The first kappa shape index (κ1) is 12.5. The molecule has 1 nitrogen and oxygen atoms in total. The molecule has 0 aromatic heterocycles. The van der Waals surface area contributed by atoms with Crippen LogP contribution in [0.15, 0.2) is 48.5 Å². The molecule has 0 bridgehead atoms. The lowest BCUT2D eigenvalue weighted by molar-refractivity contribution is 0.289. The maximum atomic E-state index is 9.10. The molecule has 0 unspecified atom stereocenters. The number of benzene rings is 3. The number of rotatable bonds is 3. The van der Waals surface area contributed by atoms with Crippen LogP contribution in [0.3, 0.4) is 0 Å². The second-order valence-corrected chi connectivity index (χ2v) is 5.09. The molecule has 19 heavy (non-hydrogen) atoms. The summed E-state index contributed by atoms with van der Waals surface area (Å²) in [6.45, 7) is 0.214. The van der Waals surface area contributed by atoms with Crippen molar-refractivity contribution in [2.45, 2.75) is 12.8 Å². The molecule has 0 aliphatic heterocycles. The van der Waals surface area contributed by atoms with Gasteiger partial charge in [-0.2, -0.15) is 0 Å². The van der Waals surface area contributed by atoms with E-state index in [1.165, 1.54) is 16.3 Å². The number of hydrogen-bond acceptors (Lipinski definition) is 1. The summed E-state index contributed by atoms with van der Waals surface area (Å²) >= 11 is 6.53. The maximum Gasteiger partial charge on any atom is 0.0562 e. The summed E-state index contributed by atoms with van der Waals surface area (Å²) in [5.41, 5.74) is 1.28. The van der Waals surface area contributed by atoms with Crippen LogP contribution in [0.2, 0.25) is 5.02 Å². The van der Waals surface area contributed by atoms with Crippen LogP contribution in [0.4, 0.5) is 0 Å². The average molecular weight is 271 g/mol. The van der Waals surface area contributed by atoms with Crippen LogP contribution in [-0.2, 0) is 6.42 Å². The van der Waals surface area contributed by atoms with Gasteiger partial charge in [-0.25, -0.2) is 0 Å². The molecule has 96 valence electrons. The molecule has 2 heteroatoms. The lowest BCUT2D eigenvalue weighted by Crippen LogP contribution is -1.94. The van der Waals surface area contributed by atoms with Crippen molar-refractivity contribution in [2.24, 2.45) is 0 Å². The molecule has 1 N–H and O–H groups in total.